The molecule has 2 unspecified atom stereocenters. The second kappa shape index (κ2) is 8.67. The molecule has 0 bridgehead atoms. The predicted octanol–water partition coefficient (Wildman–Crippen LogP) is 4.00. The molecule has 6 rings (SSSR count). The maximum absolute atomic E-state index is 12.1. The molecule has 0 N–H and O–H groups in total. The molecule has 0 radical (unpaired) electrons. The van der Waals surface area contributed by atoms with Crippen LogP contribution in [0.2, 0.25) is 0 Å². The first-order chi connectivity index (χ1) is 12.3. The van der Waals surface area contributed by atoms with Crippen LogP contribution in [0.4, 0.5) is 0 Å². The molecule has 5 aliphatic carbocycles. The molecule has 6 aliphatic rings. The lowest BCUT2D eigenvalue weighted by Crippen LogP contribution is -2.60. The van der Waals surface area contributed by atoms with E-state index in [0.717, 1.165) is 25.7 Å². The van der Waals surface area contributed by atoms with Crippen molar-refractivity contribution in [1.82, 2.24) is 0 Å². The number of carbonyl (C=O) groups excluding carboxylic acids is 2. The zero-order valence-electron chi connectivity index (χ0n) is 18.4. The van der Waals surface area contributed by atoms with Crippen LogP contribution in [0, 0.1) is 34.5 Å². The molecule has 180 valence electrons. The minimum Gasteiger partial charge on any atom is -0.461 e. The van der Waals surface area contributed by atoms with E-state index in [1.54, 1.807) is 0 Å². The maximum atomic E-state index is 12.1. The summed E-state index contributed by atoms with van der Waals surface area (Å²) in [5.74, 6) is 2.67. The summed E-state index contributed by atoms with van der Waals surface area (Å²) in [4.78, 5) is 23.3. The van der Waals surface area contributed by atoms with Gasteiger partial charge in [0.15, 0.2) is 5.78 Å². The van der Waals surface area contributed by atoms with Crippen molar-refractivity contribution in [2.75, 3.05) is 0 Å². The van der Waals surface area contributed by atoms with Gasteiger partial charge < -0.3 is 9.47 Å². The second-order valence-electron chi connectivity index (χ2n) is 10.5. The van der Waals surface area contributed by atoms with Gasteiger partial charge in [-0.15, -0.1) is 0 Å². The average molecular weight is 527 g/mol. The standard InChI is InChI=1S/C22H28O4.5H2S/c1-19-6-4-12(24)8-16(19)13-9-14(13)18-15-5-7-21(3,25-11-23)20(15,2)10-17-22(18,19)26-17;;;;;/h8,11,13-15,17-18H,4-7,9-10H2,1-3H3;5*1H2/t13-,14+,15+,17?,18+,19+,20+,21+,22?;;;;;/m1...../s1. The van der Waals surface area contributed by atoms with Crippen LogP contribution in [0.15, 0.2) is 11.6 Å². The molecule has 1 saturated heterocycles. The number of ether oxygens (including phenoxy) is 2. The Bertz CT molecular complexity index is 792. The fraction of sp³-hybridized carbons (Fsp3) is 0.818. The highest BCUT2D eigenvalue weighted by Gasteiger charge is 2.85. The van der Waals surface area contributed by atoms with Crippen LogP contribution in [-0.4, -0.2) is 29.6 Å². The fourth-order valence-electron chi connectivity index (χ4n) is 8.34. The SMILES string of the molecule is C[C@]12CCC(=O)C=C1[C@@H]1C[C@@H]1[C@H]1[C@@H]3CC[C@](C)(OC=O)[C@@]3(C)CC3OC312.S.S.S.S.S. The molecule has 0 amide bonds. The molecule has 9 atom stereocenters. The van der Waals surface area contributed by atoms with Gasteiger partial charge >= 0.3 is 0 Å². The van der Waals surface area contributed by atoms with Gasteiger partial charge in [0.2, 0.25) is 0 Å². The molecule has 0 aromatic heterocycles. The molecule has 5 fully saturated rings. The van der Waals surface area contributed by atoms with Crippen molar-refractivity contribution in [3.8, 4) is 0 Å². The Morgan fingerprint density at radius 2 is 1.77 bits per heavy atom. The number of carbonyl (C=O) groups is 2. The summed E-state index contributed by atoms with van der Waals surface area (Å²) in [7, 11) is 0. The van der Waals surface area contributed by atoms with E-state index in [1.807, 2.05) is 6.08 Å². The lowest BCUT2D eigenvalue weighted by molar-refractivity contribution is -0.162. The Morgan fingerprint density at radius 1 is 1.10 bits per heavy atom. The van der Waals surface area contributed by atoms with Gasteiger partial charge in [-0.3, -0.25) is 9.59 Å². The first-order valence-corrected chi connectivity index (χ1v) is 10.3. The van der Waals surface area contributed by atoms with Crippen LogP contribution in [0.1, 0.15) is 59.3 Å². The lowest BCUT2D eigenvalue weighted by atomic mass is 9.46. The highest BCUT2D eigenvalue weighted by Crippen LogP contribution is 2.82. The predicted molar refractivity (Wildman–Crippen MR) is 146 cm³/mol. The smallest absolute Gasteiger partial charge is 0.293 e. The summed E-state index contributed by atoms with van der Waals surface area (Å²) in [6.07, 6.45) is 8.13. The number of ketones is 1. The number of hydrogen-bond donors (Lipinski definition) is 0. The van der Waals surface area contributed by atoms with Crippen molar-refractivity contribution < 1.29 is 19.1 Å². The Kier molecular flexibility index (Phi) is 8.28. The lowest BCUT2D eigenvalue weighted by Gasteiger charge is -2.56. The van der Waals surface area contributed by atoms with Gasteiger partial charge in [0.1, 0.15) is 11.2 Å². The minimum absolute atomic E-state index is 0. The minimum atomic E-state index is -0.374. The van der Waals surface area contributed by atoms with Crippen molar-refractivity contribution in [3.05, 3.63) is 11.6 Å². The number of hydrogen-bond acceptors (Lipinski definition) is 4. The van der Waals surface area contributed by atoms with Crippen LogP contribution in [0.25, 0.3) is 0 Å². The summed E-state index contributed by atoms with van der Waals surface area (Å²) in [6.45, 7) is 7.51. The molecule has 4 nitrogen and oxygen atoms in total. The summed E-state index contributed by atoms with van der Waals surface area (Å²) >= 11 is 0. The third kappa shape index (κ3) is 3.19. The molecule has 0 aromatic carbocycles. The Morgan fingerprint density at radius 3 is 2.42 bits per heavy atom. The zero-order valence-corrected chi connectivity index (χ0v) is 23.4. The summed E-state index contributed by atoms with van der Waals surface area (Å²) in [5.41, 5.74) is 0.999. The Balaban J connectivity index is 0.000000961. The number of fused-ring (bicyclic) bond motifs is 6. The van der Waals surface area contributed by atoms with E-state index in [0.29, 0.717) is 42.3 Å². The Hall–Kier alpha value is 0.590. The van der Waals surface area contributed by atoms with E-state index in [9.17, 15) is 9.59 Å². The normalized spacial score (nSPS) is 51.4. The van der Waals surface area contributed by atoms with Crippen molar-refractivity contribution in [2.24, 2.45) is 34.5 Å². The van der Waals surface area contributed by atoms with Gasteiger partial charge in [0.25, 0.3) is 6.47 Å². The van der Waals surface area contributed by atoms with Crippen LogP contribution in [-0.2, 0) is 19.1 Å². The van der Waals surface area contributed by atoms with E-state index in [4.69, 9.17) is 9.47 Å². The van der Waals surface area contributed by atoms with Gasteiger partial charge in [0, 0.05) is 17.3 Å². The first kappa shape index (κ1) is 29.6. The van der Waals surface area contributed by atoms with E-state index in [1.165, 1.54) is 12.0 Å². The van der Waals surface area contributed by atoms with Crippen LogP contribution in [0.3, 0.4) is 0 Å². The molecule has 1 heterocycles. The second-order valence-corrected chi connectivity index (χ2v) is 10.5. The van der Waals surface area contributed by atoms with Gasteiger partial charge in [-0.25, -0.2) is 0 Å². The van der Waals surface area contributed by atoms with Crippen molar-refractivity contribution in [1.29, 1.82) is 0 Å². The van der Waals surface area contributed by atoms with Crippen molar-refractivity contribution >= 4 is 79.7 Å². The number of epoxide rings is 1. The monoisotopic (exact) mass is 526 g/mol. The highest BCUT2D eigenvalue weighted by atomic mass is 32.1. The summed E-state index contributed by atoms with van der Waals surface area (Å²) in [5, 5.41) is 0. The average Bonchev–Trinajstić information content (AvgIpc) is 3.47. The van der Waals surface area contributed by atoms with Crippen LogP contribution < -0.4 is 0 Å². The molecule has 4 saturated carbocycles. The summed E-state index contributed by atoms with van der Waals surface area (Å²) in [6, 6.07) is 0. The topological polar surface area (TPSA) is 55.9 Å². The van der Waals surface area contributed by atoms with Crippen LogP contribution >= 0.6 is 67.5 Å². The quantitative estimate of drug-likeness (QED) is 0.403. The third-order valence-electron chi connectivity index (χ3n) is 9.95. The third-order valence-corrected chi connectivity index (χ3v) is 9.95. The first-order valence-electron chi connectivity index (χ1n) is 10.3. The Labute approximate surface area is 220 Å². The van der Waals surface area contributed by atoms with E-state index < -0.39 is 0 Å². The van der Waals surface area contributed by atoms with Crippen molar-refractivity contribution in [3.63, 3.8) is 0 Å². The zero-order chi connectivity index (χ0) is 18.1. The molecule has 1 aliphatic heterocycles. The molecular formula is C22H38O4S5. The van der Waals surface area contributed by atoms with Gasteiger partial charge in [-0.1, -0.05) is 19.4 Å². The molecule has 31 heavy (non-hydrogen) atoms. The maximum Gasteiger partial charge on any atom is 0.293 e. The largest absolute Gasteiger partial charge is 0.461 e. The highest BCUT2D eigenvalue weighted by molar-refractivity contribution is 7.60. The van der Waals surface area contributed by atoms with E-state index >= 15 is 0 Å². The molecular weight excluding hydrogens is 489 g/mol. The fourth-order valence-corrected chi connectivity index (χ4v) is 8.34. The van der Waals surface area contributed by atoms with Crippen LogP contribution in [0.5, 0.6) is 0 Å². The number of rotatable bonds is 2. The van der Waals surface area contributed by atoms with E-state index in [2.05, 4.69) is 20.8 Å². The van der Waals surface area contributed by atoms with Crippen molar-refractivity contribution in [2.45, 2.75) is 76.6 Å². The van der Waals surface area contributed by atoms with Gasteiger partial charge in [-0.05, 0) is 68.8 Å². The summed E-state index contributed by atoms with van der Waals surface area (Å²) < 4.78 is 12.4. The van der Waals surface area contributed by atoms with Gasteiger partial charge in [-0.2, -0.15) is 67.5 Å². The molecule has 0 aromatic rings. The molecule has 1 spiro atoms. The van der Waals surface area contributed by atoms with E-state index in [-0.39, 0.29) is 95.6 Å². The van der Waals surface area contributed by atoms with Gasteiger partial charge in [0.05, 0.1) is 6.10 Å². The molecule has 9 heteroatoms.